The van der Waals surface area contributed by atoms with Crippen LogP contribution in [0.4, 0.5) is 0 Å². The zero-order valence-corrected chi connectivity index (χ0v) is 11.3. The van der Waals surface area contributed by atoms with Gasteiger partial charge >= 0.3 is 0 Å². The quantitative estimate of drug-likeness (QED) is 0.798. The van der Waals surface area contributed by atoms with Crippen molar-refractivity contribution in [3.63, 3.8) is 0 Å². The van der Waals surface area contributed by atoms with Crippen molar-refractivity contribution in [2.45, 2.75) is 26.3 Å². The number of hydrogen-bond acceptors (Lipinski definition) is 2. The van der Waals surface area contributed by atoms with E-state index in [0.717, 1.165) is 11.1 Å². The first-order valence-corrected chi connectivity index (χ1v) is 6.65. The van der Waals surface area contributed by atoms with Gasteiger partial charge < -0.3 is 11.1 Å². The topological polar surface area (TPSA) is 55.1 Å². The normalized spacial score (nSPS) is 16.1. The molecule has 1 fully saturated rings. The van der Waals surface area contributed by atoms with E-state index < -0.39 is 0 Å². The summed E-state index contributed by atoms with van der Waals surface area (Å²) in [5.74, 6) is 0.888. The van der Waals surface area contributed by atoms with Crippen LogP contribution in [-0.2, 0) is 11.3 Å². The minimum Gasteiger partial charge on any atom is -0.389 e. The number of hydrogen-bond donors (Lipinski definition) is 2. The van der Waals surface area contributed by atoms with Crippen molar-refractivity contribution in [2.24, 2.45) is 17.6 Å². The largest absolute Gasteiger partial charge is 0.389 e. The van der Waals surface area contributed by atoms with Crippen molar-refractivity contribution in [3.8, 4) is 0 Å². The Bertz CT molecular complexity index is 451. The summed E-state index contributed by atoms with van der Waals surface area (Å²) >= 11 is 4.89. The molecule has 1 unspecified atom stereocenters. The second kappa shape index (κ2) is 5.48. The summed E-state index contributed by atoms with van der Waals surface area (Å²) in [4.78, 5) is 12.2. The van der Waals surface area contributed by atoms with Gasteiger partial charge in [-0.3, -0.25) is 4.79 Å². The van der Waals surface area contributed by atoms with E-state index in [1.165, 1.54) is 12.8 Å². The van der Waals surface area contributed by atoms with Crippen LogP contribution in [0, 0.1) is 11.8 Å². The molecule has 1 aromatic rings. The Morgan fingerprint density at radius 3 is 2.56 bits per heavy atom. The zero-order chi connectivity index (χ0) is 13.1. The molecule has 4 heteroatoms. The lowest BCUT2D eigenvalue weighted by Crippen LogP contribution is -2.29. The molecule has 2 rings (SSSR count). The summed E-state index contributed by atoms with van der Waals surface area (Å²) in [6.07, 6.45) is 2.38. The van der Waals surface area contributed by atoms with Crippen LogP contribution >= 0.6 is 12.2 Å². The molecule has 3 nitrogen and oxygen atoms in total. The van der Waals surface area contributed by atoms with E-state index in [4.69, 9.17) is 18.0 Å². The van der Waals surface area contributed by atoms with Crippen LogP contribution in [0.5, 0.6) is 0 Å². The summed E-state index contributed by atoms with van der Waals surface area (Å²) in [5, 5.41) is 2.97. The Balaban J connectivity index is 1.85. The number of nitrogens with one attached hydrogen (secondary N) is 1. The van der Waals surface area contributed by atoms with E-state index >= 15 is 0 Å². The average Bonchev–Trinajstić information content (AvgIpc) is 3.19. The molecule has 1 atom stereocenters. The molecule has 0 radical (unpaired) electrons. The third-order valence-electron chi connectivity index (χ3n) is 3.45. The number of carbonyl (C=O) groups is 1. The highest BCUT2D eigenvalue weighted by atomic mass is 32.1. The van der Waals surface area contributed by atoms with Gasteiger partial charge in [-0.1, -0.05) is 43.4 Å². The molecule has 1 aliphatic rings. The standard InChI is InChI=1S/C14H18N2OS/c1-9(11-6-7-11)14(17)16-8-10-2-4-12(5-3-10)13(15)18/h2-5,9,11H,6-8H2,1H3,(H2,15,18)(H,16,17). The molecular weight excluding hydrogens is 244 g/mol. The van der Waals surface area contributed by atoms with Gasteiger partial charge in [0.25, 0.3) is 0 Å². The van der Waals surface area contributed by atoms with Crippen LogP contribution in [0.3, 0.4) is 0 Å². The van der Waals surface area contributed by atoms with Crippen LogP contribution < -0.4 is 11.1 Å². The zero-order valence-electron chi connectivity index (χ0n) is 10.5. The Labute approximate surface area is 113 Å². The summed E-state index contributed by atoms with van der Waals surface area (Å²) in [5.41, 5.74) is 7.44. The molecule has 0 heterocycles. The van der Waals surface area contributed by atoms with E-state index in [-0.39, 0.29) is 11.8 Å². The van der Waals surface area contributed by atoms with Gasteiger partial charge in [0.15, 0.2) is 0 Å². The lowest BCUT2D eigenvalue weighted by atomic mass is 10.1. The molecule has 3 N–H and O–H groups in total. The summed E-state index contributed by atoms with van der Waals surface area (Å²) in [6.45, 7) is 2.57. The van der Waals surface area contributed by atoms with Crippen LogP contribution in [0.1, 0.15) is 30.9 Å². The Hall–Kier alpha value is -1.42. The summed E-state index contributed by atoms with van der Waals surface area (Å²) < 4.78 is 0. The van der Waals surface area contributed by atoms with E-state index in [0.29, 0.717) is 17.5 Å². The van der Waals surface area contributed by atoms with Gasteiger partial charge in [0.1, 0.15) is 4.99 Å². The molecule has 96 valence electrons. The minimum atomic E-state index is 0.140. The fourth-order valence-electron chi connectivity index (χ4n) is 1.95. The predicted octanol–water partition coefficient (Wildman–Crippen LogP) is 1.98. The summed E-state index contributed by atoms with van der Waals surface area (Å²) in [7, 11) is 0. The molecule has 1 aromatic carbocycles. The minimum absolute atomic E-state index is 0.140. The first-order chi connectivity index (χ1) is 8.58. The molecule has 0 spiro atoms. The fraction of sp³-hybridized carbons (Fsp3) is 0.429. The molecule has 0 aromatic heterocycles. The number of nitrogens with two attached hydrogens (primary N) is 1. The average molecular weight is 262 g/mol. The highest BCUT2D eigenvalue weighted by molar-refractivity contribution is 7.80. The van der Waals surface area contributed by atoms with Crippen LogP contribution in [-0.4, -0.2) is 10.9 Å². The van der Waals surface area contributed by atoms with Crippen LogP contribution in [0.2, 0.25) is 0 Å². The van der Waals surface area contributed by atoms with Crippen LogP contribution in [0.15, 0.2) is 24.3 Å². The molecule has 1 amide bonds. The first kappa shape index (κ1) is 13.0. The van der Waals surface area contributed by atoms with Gasteiger partial charge in [-0.25, -0.2) is 0 Å². The second-order valence-electron chi connectivity index (χ2n) is 4.91. The maximum absolute atomic E-state index is 11.8. The van der Waals surface area contributed by atoms with Crippen molar-refractivity contribution >= 4 is 23.1 Å². The smallest absolute Gasteiger partial charge is 0.223 e. The molecule has 0 saturated heterocycles. The van der Waals surface area contributed by atoms with Crippen LogP contribution in [0.25, 0.3) is 0 Å². The molecule has 0 aliphatic heterocycles. The molecule has 0 bridgehead atoms. The van der Waals surface area contributed by atoms with Gasteiger partial charge in [0, 0.05) is 18.0 Å². The van der Waals surface area contributed by atoms with Gasteiger partial charge in [-0.15, -0.1) is 0 Å². The van der Waals surface area contributed by atoms with Crippen molar-refractivity contribution in [1.29, 1.82) is 0 Å². The molecule has 1 saturated carbocycles. The molecule has 18 heavy (non-hydrogen) atoms. The number of amides is 1. The fourth-order valence-corrected chi connectivity index (χ4v) is 2.08. The van der Waals surface area contributed by atoms with E-state index in [1.807, 2.05) is 31.2 Å². The lowest BCUT2D eigenvalue weighted by molar-refractivity contribution is -0.125. The number of thiocarbonyl (C=S) groups is 1. The maximum Gasteiger partial charge on any atom is 0.223 e. The summed E-state index contributed by atoms with van der Waals surface area (Å²) in [6, 6.07) is 7.65. The highest BCUT2D eigenvalue weighted by Gasteiger charge is 2.32. The van der Waals surface area contributed by atoms with Gasteiger partial charge in [0.2, 0.25) is 5.91 Å². The molecule has 1 aliphatic carbocycles. The van der Waals surface area contributed by atoms with E-state index in [9.17, 15) is 4.79 Å². The molecular formula is C14H18N2OS. The number of rotatable bonds is 5. The Morgan fingerprint density at radius 1 is 1.44 bits per heavy atom. The van der Waals surface area contributed by atoms with E-state index in [2.05, 4.69) is 5.32 Å². The third-order valence-corrected chi connectivity index (χ3v) is 3.68. The SMILES string of the molecule is CC(C(=O)NCc1ccc(C(N)=S)cc1)C1CC1. The van der Waals surface area contributed by atoms with Gasteiger partial charge in [-0.2, -0.15) is 0 Å². The maximum atomic E-state index is 11.8. The number of benzene rings is 1. The van der Waals surface area contributed by atoms with Crippen molar-refractivity contribution in [2.75, 3.05) is 0 Å². The van der Waals surface area contributed by atoms with Gasteiger partial charge in [0.05, 0.1) is 0 Å². The highest BCUT2D eigenvalue weighted by Crippen LogP contribution is 2.36. The Kier molecular flexibility index (Phi) is 3.97. The Morgan fingerprint density at radius 2 is 2.06 bits per heavy atom. The first-order valence-electron chi connectivity index (χ1n) is 6.24. The lowest BCUT2D eigenvalue weighted by Gasteiger charge is -2.11. The second-order valence-corrected chi connectivity index (χ2v) is 5.34. The monoisotopic (exact) mass is 262 g/mol. The predicted molar refractivity (Wildman–Crippen MR) is 76.1 cm³/mol. The third kappa shape index (κ3) is 3.29. The van der Waals surface area contributed by atoms with Crippen molar-refractivity contribution in [1.82, 2.24) is 5.32 Å². The number of carbonyl (C=O) groups excluding carboxylic acids is 1. The van der Waals surface area contributed by atoms with Crippen molar-refractivity contribution in [3.05, 3.63) is 35.4 Å². The van der Waals surface area contributed by atoms with Gasteiger partial charge in [-0.05, 0) is 24.3 Å². The van der Waals surface area contributed by atoms with Crippen molar-refractivity contribution < 1.29 is 4.79 Å². The van der Waals surface area contributed by atoms with E-state index in [1.54, 1.807) is 0 Å².